The number of hydrogen-bond acceptors (Lipinski definition) is 3. The average molecular weight is 308 g/mol. The topological polar surface area (TPSA) is 42.4 Å². The molecule has 23 heavy (non-hydrogen) atoms. The molecule has 0 saturated carbocycles. The number of benzene rings is 1. The van der Waals surface area contributed by atoms with Crippen molar-refractivity contribution in [3.05, 3.63) is 42.1 Å². The number of piperidine rings is 1. The minimum absolute atomic E-state index is 0.00240. The number of pyridine rings is 1. The van der Waals surface area contributed by atoms with Crippen LogP contribution in [0.5, 0.6) is 0 Å². The van der Waals surface area contributed by atoms with E-state index in [0.717, 1.165) is 30.3 Å². The van der Waals surface area contributed by atoms with Gasteiger partial charge in [-0.25, -0.2) is 4.98 Å². The number of fused-ring (bicyclic) bond motifs is 1. The van der Waals surface area contributed by atoms with Gasteiger partial charge in [0.1, 0.15) is 12.3 Å². The third-order valence-corrected chi connectivity index (χ3v) is 4.16. The van der Waals surface area contributed by atoms with Crippen LogP contribution in [0.15, 0.2) is 36.4 Å². The third-order valence-electron chi connectivity index (χ3n) is 4.16. The molecular formula is C19H20N2O2. The fourth-order valence-corrected chi connectivity index (χ4v) is 3.02. The highest BCUT2D eigenvalue weighted by molar-refractivity contribution is 5.95. The van der Waals surface area contributed by atoms with Gasteiger partial charge in [0, 0.05) is 24.4 Å². The van der Waals surface area contributed by atoms with E-state index >= 15 is 0 Å². The summed E-state index contributed by atoms with van der Waals surface area (Å²) in [6, 6.07) is 11.6. The van der Waals surface area contributed by atoms with Crippen LogP contribution in [0.3, 0.4) is 0 Å². The molecule has 1 atom stereocenters. The van der Waals surface area contributed by atoms with Crippen LogP contribution in [0, 0.1) is 18.3 Å². The number of nitrogens with zero attached hydrogens (tertiary/aromatic N) is 2. The average Bonchev–Trinajstić information content (AvgIpc) is 2.61. The molecule has 1 fully saturated rings. The quantitative estimate of drug-likeness (QED) is 0.644. The highest BCUT2D eigenvalue weighted by atomic mass is 16.5. The first-order valence-corrected chi connectivity index (χ1v) is 7.94. The van der Waals surface area contributed by atoms with E-state index in [4.69, 9.17) is 11.2 Å². The van der Waals surface area contributed by atoms with Crippen LogP contribution in [0.25, 0.3) is 10.9 Å². The minimum atomic E-state index is -0.00240. The van der Waals surface area contributed by atoms with E-state index in [1.807, 2.05) is 41.3 Å². The summed E-state index contributed by atoms with van der Waals surface area (Å²) in [5.41, 5.74) is 1.36. The number of hydrogen-bond donors (Lipinski definition) is 0. The lowest BCUT2D eigenvalue weighted by molar-refractivity contribution is 0.0529. The molecule has 1 aromatic carbocycles. The predicted molar refractivity (Wildman–Crippen MR) is 90.0 cm³/mol. The molecule has 4 nitrogen and oxygen atoms in total. The molecule has 2 aromatic rings. The van der Waals surface area contributed by atoms with E-state index in [1.54, 1.807) is 0 Å². The van der Waals surface area contributed by atoms with E-state index in [2.05, 4.69) is 10.9 Å². The lowest BCUT2D eigenvalue weighted by atomic mass is 9.98. The second-order valence-corrected chi connectivity index (χ2v) is 5.87. The number of carbonyl (C=O) groups is 1. The molecule has 1 amide bonds. The first-order chi connectivity index (χ1) is 11.3. The Morgan fingerprint density at radius 3 is 3.09 bits per heavy atom. The lowest BCUT2D eigenvalue weighted by Crippen LogP contribution is -2.41. The Balaban J connectivity index is 1.69. The van der Waals surface area contributed by atoms with Crippen molar-refractivity contribution in [2.24, 2.45) is 5.92 Å². The van der Waals surface area contributed by atoms with E-state index in [-0.39, 0.29) is 5.91 Å². The lowest BCUT2D eigenvalue weighted by Gasteiger charge is -2.32. The predicted octanol–water partition coefficient (Wildman–Crippen LogP) is 2.74. The van der Waals surface area contributed by atoms with Gasteiger partial charge < -0.3 is 9.64 Å². The monoisotopic (exact) mass is 308 g/mol. The van der Waals surface area contributed by atoms with Crippen molar-refractivity contribution in [1.29, 1.82) is 0 Å². The Morgan fingerprint density at radius 2 is 2.22 bits per heavy atom. The second-order valence-electron chi connectivity index (χ2n) is 5.87. The summed E-state index contributed by atoms with van der Waals surface area (Å²) in [5, 5.41) is 1.04. The molecule has 1 aliphatic heterocycles. The van der Waals surface area contributed by atoms with Gasteiger partial charge in [-0.15, -0.1) is 6.42 Å². The van der Waals surface area contributed by atoms with Gasteiger partial charge in [0.05, 0.1) is 12.1 Å². The Bertz CT molecular complexity index is 735. The number of terminal acetylenes is 1. The summed E-state index contributed by atoms with van der Waals surface area (Å²) < 4.78 is 5.42. The molecule has 1 saturated heterocycles. The van der Waals surface area contributed by atoms with Crippen molar-refractivity contribution in [1.82, 2.24) is 9.88 Å². The van der Waals surface area contributed by atoms with Crippen molar-refractivity contribution >= 4 is 16.8 Å². The van der Waals surface area contributed by atoms with Gasteiger partial charge in [-0.3, -0.25) is 4.79 Å². The SMILES string of the molecule is C#CCOCC1CCCN(C(=O)c2ccc3ccccc3n2)C1. The van der Waals surface area contributed by atoms with Crippen LogP contribution in [0.4, 0.5) is 0 Å². The van der Waals surface area contributed by atoms with E-state index in [9.17, 15) is 4.79 Å². The van der Waals surface area contributed by atoms with Crippen LogP contribution < -0.4 is 0 Å². The molecule has 0 N–H and O–H groups in total. The summed E-state index contributed by atoms with van der Waals surface area (Å²) in [4.78, 5) is 19.1. The van der Waals surface area contributed by atoms with Gasteiger partial charge in [0.25, 0.3) is 5.91 Å². The van der Waals surface area contributed by atoms with E-state index < -0.39 is 0 Å². The minimum Gasteiger partial charge on any atom is -0.368 e. The molecule has 2 heterocycles. The van der Waals surface area contributed by atoms with Crippen molar-refractivity contribution in [3.63, 3.8) is 0 Å². The third kappa shape index (κ3) is 3.69. The highest BCUT2D eigenvalue weighted by Crippen LogP contribution is 2.19. The number of ether oxygens (including phenoxy) is 1. The fourth-order valence-electron chi connectivity index (χ4n) is 3.02. The van der Waals surface area contributed by atoms with Gasteiger partial charge in [-0.2, -0.15) is 0 Å². The second kappa shape index (κ2) is 7.26. The Morgan fingerprint density at radius 1 is 1.35 bits per heavy atom. The molecule has 1 aromatic heterocycles. The molecule has 0 aliphatic carbocycles. The Hall–Kier alpha value is -2.38. The maximum Gasteiger partial charge on any atom is 0.272 e. The molecule has 1 aliphatic rings. The van der Waals surface area contributed by atoms with Crippen LogP contribution in [-0.4, -0.2) is 42.1 Å². The van der Waals surface area contributed by atoms with E-state index in [0.29, 0.717) is 31.4 Å². The molecule has 3 rings (SSSR count). The Labute approximate surface area is 136 Å². The molecule has 118 valence electrons. The van der Waals surface area contributed by atoms with Crippen LogP contribution in [0.1, 0.15) is 23.3 Å². The summed E-state index contributed by atoms with van der Waals surface area (Å²) in [6.07, 6.45) is 7.25. The number of likely N-dealkylation sites (tertiary alicyclic amines) is 1. The molecule has 0 spiro atoms. The number of amides is 1. The normalized spacial score (nSPS) is 17.9. The van der Waals surface area contributed by atoms with Crippen molar-refractivity contribution in [2.75, 3.05) is 26.3 Å². The van der Waals surface area contributed by atoms with Gasteiger partial charge in [-0.1, -0.05) is 30.2 Å². The standard InChI is InChI=1S/C19H20N2O2/c1-2-12-23-14-15-6-5-11-21(13-15)19(22)18-10-9-16-7-3-4-8-17(16)20-18/h1,3-4,7-10,15H,5-6,11-14H2. The maximum atomic E-state index is 12.7. The maximum absolute atomic E-state index is 12.7. The van der Waals surface area contributed by atoms with Crippen LogP contribution in [0.2, 0.25) is 0 Å². The summed E-state index contributed by atoms with van der Waals surface area (Å²) in [6.45, 7) is 2.42. The largest absolute Gasteiger partial charge is 0.368 e. The first kappa shape index (κ1) is 15.5. The van der Waals surface area contributed by atoms with Gasteiger partial charge in [0.15, 0.2) is 0 Å². The number of rotatable bonds is 4. The van der Waals surface area contributed by atoms with Gasteiger partial charge >= 0.3 is 0 Å². The molecular weight excluding hydrogens is 288 g/mol. The summed E-state index contributed by atoms with van der Waals surface area (Å²) in [5.74, 6) is 2.82. The Kier molecular flexibility index (Phi) is 4.89. The zero-order chi connectivity index (χ0) is 16.1. The highest BCUT2D eigenvalue weighted by Gasteiger charge is 2.25. The van der Waals surface area contributed by atoms with Crippen molar-refractivity contribution < 1.29 is 9.53 Å². The molecule has 1 unspecified atom stereocenters. The molecule has 4 heteroatoms. The van der Waals surface area contributed by atoms with Gasteiger partial charge in [-0.05, 0) is 25.0 Å². The number of carbonyl (C=O) groups excluding carboxylic acids is 1. The summed E-state index contributed by atoms with van der Waals surface area (Å²) in [7, 11) is 0. The first-order valence-electron chi connectivity index (χ1n) is 7.94. The smallest absolute Gasteiger partial charge is 0.272 e. The van der Waals surface area contributed by atoms with Crippen LogP contribution in [-0.2, 0) is 4.74 Å². The zero-order valence-corrected chi connectivity index (χ0v) is 13.1. The van der Waals surface area contributed by atoms with Crippen molar-refractivity contribution in [3.8, 4) is 12.3 Å². The summed E-state index contributed by atoms with van der Waals surface area (Å²) >= 11 is 0. The number of para-hydroxylation sites is 1. The van der Waals surface area contributed by atoms with Crippen molar-refractivity contribution in [2.45, 2.75) is 12.8 Å². The van der Waals surface area contributed by atoms with Crippen LogP contribution >= 0.6 is 0 Å². The molecule has 0 radical (unpaired) electrons. The number of aromatic nitrogens is 1. The van der Waals surface area contributed by atoms with Gasteiger partial charge in [0.2, 0.25) is 0 Å². The van der Waals surface area contributed by atoms with E-state index in [1.165, 1.54) is 0 Å². The fraction of sp³-hybridized carbons (Fsp3) is 0.368. The molecule has 0 bridgehead atoms. The zero-order valence-electron chi connectivity index (χ0n) is 13.1.